The number of aliphatic carboxylic acids is 1. The molecule has 7 nitrogen and oxygen atoms in total. The summed E-state index contributed by atoms with van der Waals surface area (Å²) in [5.74, 6) is -0.951. The van der Waals surface area contributed by atoms with Crippen LogP contribution in [0.1, 0.15) is 43.7 Å². The minimum Gasteiger partial charge on any atom is -0.481 e. The highest BCUT2D eigenvalue weighted by atomic mass is 16.5. The molecule has 0 radical (unpaired) electrons. The van der Waals surface area contributed by atoms with Crippen LogP contribution in [0.5, 0.6) is 0 Å². The molecule has 2 aliphatic carbocycles. The Balaban J connectivity index is 1.39. The Bertz CT molecular complexity index is 991. The summed E-state index contributed by atoms with van der Waals surface area (Å²) in [5, 5.41) is 14.5. The smallest absolute Gasteiger partial charge is 0.407 e. The molecule has 0 bridgehead atoms. The fourth-order valence-corrected chi connectivity index (χ4v) is 4.67. The quantitative estimate of drug-likeness (QED) is 0.616. The first-order chi connectivity index (χ1) is 15.3. The molecule has 2 aliphatic rings. The number of nitrogens with one attached hydrogen (secondary N) is 2. The SMILES string of the molecule is CC1CC(NC(=O)C(CC(=O)O)NC(=O)OCC2c3ccccc3-c3ccccc32)C1C. The van der Waals surface area contributed by atoms with Crippen molar-refractivity contribution < 1.29 is 24.2 Å². The van der Waals surface area contributed by atoms with E-state index >= 15 is 0 Å². The van der Waals surface area contributed by atoms with Crippen molar-refractivity contribution in [2.24, 2.45) is 11.8 Å². The summed E-state index contributed by atoms with van der Waals surface area (Å²) in [6.45, 7) is 4.25. The molecular weight excluding hydrogens is 408 g/mol. The van der Waals surface area contributed by atoms with Gasteiger partial charge in [0.25, 0.3) is 0 Å². The molecule has 2 aromatic rings. The minimum absolute atomic E-state index is 0.00175. The monoisotopic (exact) mass is 436 g/mol. The van der Waals surface area contributed by atoms with Crippen LogP contribution < -0.4 is 10.6 Å². The molecule has 7 heteroatoms. The van der Waals surface area contributed by atoms with E-state index in [9.17, 15) is 19.5 Å². The van der Waals surface area contributed by atoms with Crippen LogP contribution in [0.4, 0.5) is 4.79 Å². The summed E-state index contributed by atoms with van der Waals surface area (Å²) < 4.78 is 5.46. The van der Waals surface area contributed by atoms with Gasteiger partial charge >= 0.3 is 12.1 Å². The van der Waals surface area contributed by atoms with Gasteiger partial charge in [-0.2, -0.15) is 0 Å². The Hall–Kier alpha value is -3.35. The van der Waals surface area contributed by atoms with E-state index in [0.717, 1.165) is 28.7 Å². The number of carbonyl (C=O) groups excluding carboxylic acids is 2. The van der Waals surface area contributed by atoms with E-state index in [1.54, 1.807) is 0 Å². The Labute approximate surface area is 187 Å². The lowest BCUT2D eigenvalue weighted by atomic mass is 9.71. The second kappa shape index (κ2) is 9.02. The van der Waals surface area contributed by atoms with Gasteiger partial charge in [0.15, 0.2) is 0 Å². The van der Waals surface area contributed by atoms with Crippen LogP contribution in [-0.4, -0.2) is 41.8 Å². The third-order valence-corrected chi connectivity index (χ3v) is 6.82. The maximum absolute atomic E-state index is 12.6. The summed E-state index contributed by atoms with van der Waals surface area (Å²) in [6, 6.07) is 14.8. The van der Waals surface area contributed by atoms with Gasteiger partial charge in [-0.25, -0.2) is 4.79 Å². The van der Waals surface area contributed by atoms with Crippen molar-refractivity contribution in [1.29, 1.82) is 0 Å². The van der Waals surface area contributed by atoms with E-state index in [4.69, 9.17) is 4.74 Å². The van der Waals surface area contributed by atoms with Gasteiger partial charge in [-0.05, 0) is 40.5 Å². The number of carbonyl (C=O) groups is 3. The highest BCUT2D eigenvalue weighted by molar-refractivity contribution is 5.89. The highest BCUT2D eigenvalue weighted by Crippen LogP contribution is 2.44. The van der Waals surface area contributed by atoms with Crippen molar-refractivity contribution in [3.63, 3.8) is 0 Å². The van der Waals surface area contributed by atoms with Crippen LogP contribution in [0, 0.1) is 11.8 Å². The maximum Gasteiger partial charge on any atom is 0.407 e. The van der Waals surface area contributed by atoms with Gasteiger partial charge in [0.1, 0.15) is 12.6 Å². The zero-order valence-electron chi connectivity index (χ0n) is 18.2. The van der Waals surface area contributed by atoms with Crippen molar-refractivity contribution in [2.45, 2.75) is 44.7 Å². The maximum atomic E-state index is 12.6. The summed E-state index contributed by atoms with van der Waals surface area (Å²) in [5.41, 5.74) is 4.39. The lowest BCUT2D eigenvalue weighted by Gasteiger charge is -2.41. The summed E-state index contributed by atoms with van der Waals surface area (Å²) in [6.07, 6.45) is -0.465. The molecule has 2 amide bonds. The van der Waals surface area contributed by atoms with Crippen molar-refractivity contribution in [2.75, 3.05) is 6.61 Å². The molecule has 0 aromatic heterocycles. The third kappa shape index (κ3) is 4.33. The minimum atomic E-state index is -1.19. The average molecular weight is 437 g/mol. The molecule has 1 saturated carbocycles. The summed E-state index contributed by atoms with van der Waals surface area (Å²) >= 11 is 0. The normalized spacial score (nSPS) is 22.1. The van der Waals surface area contributed by atoms with Gasteiger partial charge in [0.2, 0.25) is 5.91 Å². The van der Waals surface area contributed by atoms with E-state index in [1.165, 1.54) is 0 Å². The molecular formula is C25H28N2O5. The summed E-state index contributed by atoms with van der Waals surface area (Å²) in [4.78, 5) is 36.4. The second-order valence-electron chi connectivity index (χ2n) is 8.81. The number of carboxylic acids is 1. The predicted molar refractivity (Wildman–Crippen MR) is 119 cm³/mol. The standard InChI is InChI=1S/C25H28N2O5/c1-14-11-21(15(14)2)26-24(30)22(12-23(28)29)27-25(31)32-13-20-18-9-5-3-7-16(18)17-8-4-6-10-19(17)20/h3-10,14-15,20-22H,11-13H2,1-2H3,(H,26,30)(H,27,31)(H,28,29). The number of amides is 2. The van der Waals surface area contributed by atoms with Crippen molar-refractivity contribution >= 4 is 18.0 Å². The number of hydrogen-bond acceptors (Lipinski definition) is 4. The third-order valence-electron chi connectivity index (χ3n) is 6.82. The predicted octanol–water partition coefficient (Wildman–Crippen LogP) is 3.53. The molecule has 3 N–H and O–H groups in total. The summed E-state index contributed by atoms with van der Waals surface area (Å²) in [7, 11) is 0. The van der Waals surface area contributed by atoms with Crippen LogP contribution in [0.2, 0.25) is 0 Å². The zero-order valence-corrected chi connectivity index (χ0v) is 18.2. The first-order valence-corrected chi connectivity index (χ1v) is 11.0. The van der Waals surface area contributed by atoms with Gasteiger partial charge in [-0.3, -0.25) is 9.59 Å². The van der Waals surface area contributed by atoms with Crippen LogP contribution in [0.3, 0.4) is 0 Å². The Morgan fingerprint density at radius 2 is 1.62 bits per heavy atom. The van der Waals surface area contributed by atoms with E-state index < -0.39 is 30.4 Å². The van der Waals surface area contributed by atoms with Crippen LogP contribution in [0.25, 0.3) is 11.1 Å². The van der Waals surface area contributed by atoms with Crippen LogP contribution in [0.15, 0.2) is 48.5 Å². The lowest BCUT2D eigenvalue weighted by molar-refractivity contribution is -0.140. The van der Waals surface area contributed by atoms with Crippen molar-refractivity contribution in [3.05, 3.63) is 59.7 Å². The molecule has 0 saturated heterocycles. The molecule has 0 aliphatic heterocycles. The molecule has 168 valence electrons. The Kier molecular flexibility index (Phi) is 6.17. The lowest BCUT2D eigenvalue weighted by Crippen LogP contribution is -2.56. The Morgan fingerprint density at radius 1 is 1.03 bits per heavy atom. The number of rotatable bonds is 7. The van der Waals surface area contributed by atoms with Crippen molar-refractivity contribution in [1.82, 2.24) is 10.6 Å². The largest absolute Gasteiger partial charge is 0.481 e. The first kappa shape index (κ1) is 21.9. The zero-order chi connectivity index (χ0) is 22.8. The molecule has 1 fully saturated rings. The molecule has 0 heterocycles. The van der Waals surface area contributed by atoms with Crippen LogP contribution >= 0.6 is 0 Å². The fourth-order valence-electron chi connectivity index (χ4n) is 4.67. The fraction of sp³-hybridized carbons (Fsp3) is 0.400. The van der Waals surface area contributed by atoms with Gasteiger partial charge in [0, 0.05) is 12.0 Å². The highest BCUT2D eigenvalue weighted by Gasteiger charge is 2.37. The Morgan fingerprint density at radius 3 is 2.16 bits per heavy atom. The molecule has 4 rings (SSSR count). The van der Waals surface area contributed by atoms with E-state index in [2.05, 4.69) is 17.6 Å². The first-order valence-electron chi connectivity index (χ1n) is 11.0. The van der Waals surface area contributed by atoms with E-state index in [0.29, 0.717) is 11.8 Å². The van der Waals surface area contributed by atoms with Gasteiger partial charge in [-0.1, -0.05) is 62.4 Å². The second-order valence-corrected chi connectivity index (χ2v) is 8.81. The average Bonchev–Trinajstić information content (AvgIpc) is 3.10. The molecule has 4 unspecified atom stereocenters. The molecule has 2 aromatic carbocycles. The van der Waals surface area contributed by atoms with Gasteiger partial charge < -0.3 is 20.5 Å². The molecule has 0 spiro atoms. The molecule has 32 heavy (non-hydrogen) atoms. The van der Waals surface area contributed by atoms with Crippen LogP contribution in [-0.2, 0) is 14.3 Å². The van der Waals surface area contributed by atoms with E-state index in [1.807, 2.05) is 55.5 Å². The number of carboxylic acid groups (broad SMARTS) is 1. The number of ether oxygens (including phenoxy) is 1. The topological polar surface area (TPSA) is 105 Å². The number of alkyl carbamates (subject to hydrolysis) is 1. The number of benzene rings is 2. The van der Waals surface area contributed by atoms with E-state index in [-0.39, 0.29) is 18.6 Å². The van der Waals surface area contributed by atoms with Gasteiger partial charge in [0.05, 0.1) is 6.42 Å². The molecule has 4 atom stereocenters. The number of hydrogen-bond donors (Lipinski definition) is 3. The van der Waals surface area contributed by atoms with Gasteiger partial charge in [-0.15, -0.1) is 0 Å². The van der Waals surface area contributed by atoms with Crippen molar-refractivity contribution in [3.8, 4) is 11.1 Å². The number of fused-ring (bicyclic) bond motifs is 3.